The van der Waals surface area contributed by atoms with Gasteiger partial charge in [0.25, 0.3) is 0 Å². The Balaban J connectivity index is 1.37. The lowest BCUT2D eigenvalue weighted by atomic mass is 10.0. The number of methoxy groups -OCH3 is 1. The predicted molar refractivity (Wildman–Crippen MR) is 157 cm³/mol. The molecule has 1 aliphatic rings. The van der Waals surface area contributed by atoms with Gasteiger partial charge in [-0.2, -0.15) is 0 Å². The predicted octanol–water partition coefficient (Wildman–Crippen LogP) is 4.35. The zero-order valence-corrected chi connectivity index (χ0v) is 22.7. The molecule has 0 saturated carbocycles. The van der Waals surface area contributed by atoms with Gasteiger partial charge in [-0.15, -0.1) is 0 Å². The Morgan fingerprint density at radius 1 is 0.951 bits per heavy atom. The molecule has 206 valence electrons. The minimum Gasteiger partial charge on any atom is -0.497 e. The van der Waals surface area contributed by atoms with E-state index in [0.717, 1.165) is 45.7 Å². The third-order valence-corrected chi connectivity index (χ3v) is 7.23. The Labute approximate surface area is 237 Å². The number of pyridine rings is 1. The summed E-state index contributed by atoms with van der Waals surface area (Å²) >= 11 is 0. The second kappa shape index (κ2) is 11.5. The molecule has 0 unspecified atom stereocenters. The van der Waals surface area contributed by atoms with E-state index >= 15 is 0 Å². The number of fused-ring (bicyclic) bond motifs is 1. The molecular weight excluding hydrogens is 516 g/mol. The van der Waals surface area contributed by atoms with Crippen LogP contribution in [0.4, 0.5) is 11.4 Å². The summed E-state index contributed by atoms with van der Waals surface area (Å²) in [5, 5.41) is 2.60. The highest BCUT2D eigenvalue weighted by molar-refractivity contribution is 5.92. The van der Waals surface area contributed by atoms with Crippen molar-refractivity contribution in [2.24, 2.45) is 0 Å². The van der Waals surface area contributed by atoms with Crippen LogP contribution in [0.5, 0.6) is 5.75 Å². The van der Waals surface area contributed by atoms with Crippen LogP contribution in [-0.2, 0) is 29.1 Å². The van der Waals surface area contributed by atoms with Gasteiger partial charge in [0.05, 0.1) is 49.8 Å². The first kappa shape index (κ1) is 26.1. The highest BCUT2D eigenvalue weighted by Crippen LogP contribution is 2.33. The maximum Gasteiger partial charge on any atom is 0.242 e. The molecule has 6 rings (SSSR count). The van der Waals surface area contributed by atoms with E-state index in [9.17, 15) is 9.59 Å². The fourth-order valence-corrected chi connectivity index (χ4v) is 5.17. The largest absolute Gasteiger partial charge is 0.497 e. The van der Waals surface area contributed by atoms with Gasteiger partial charge >= 0.3 is 0 Å². The van der Waals surface area contributed by atoms with Gasteiger partial charge in [0, 0.05) is 24.1 Å². The summed E-state index contributed by atoms with van der Waals surface area (Å²) in [7, 11) is 1.67. The number of H-pyrrole nitrogens is 1. The second-order valence-electron chi connectivity index (χ2n) is 10.0. The Morgan fingerprint density at radius 2 is 1.85 bits per heavy atom. The number of benzene rings is 3. The Kier molecular flexibility index (Phi) is 7.32. The van der Waals surface area contributed by atoms with Crippen LogP contribution >= 0.6 is 0 Å². The van der Waals surface area contributed by atoms with Gasteiger partial charge in [-0.3, -0.25) is 14.6 Å². The van der Waals surface area contributed by atoms with Crippen molar-refractivity contribution in [3.63, 3.8) is 0 Å². The van der Waals surface area contributed by atoms with Crippen LogP contribution in [0.1, 0.15) is 22.4 Å². The average Bonchev–Trinajstić information content (AvgIpc) is 3.47. The summed E-state index contributed by atoms with van der Waals surface area (Å²) in [6, 6.07) is 26.7. The van der Waals surface area contributed by atoms with E-state index in [1.807, 2.05) is 42.5 Å². The molecule has 3 aromatic carbocycles. The monoisotopic (exact) mass is 546 g/mol. The van der Waals surface area contributed by atoms with Crippen LogP contribution in [0.25, 0.3) is 11.0 Å². The van der Waals surface area contributed by atoms with Crippen molar-refractivity contribution in [3.8, 4) is 5.75 Å². The van der Waals surface area contributed by atoms with E-state index in [2.05, 4.69) is 61.6 Å². The summed E-state index contributed by atoms with van der Waals surface area (Å²) in [4.78, 5) is 40.2. The molecule has 41 heavy (non-hydrogen) atoms. The van der Waals surface area contributed by atoms with Gasteiger partial charge in [0.1, 0.15) is 5.75 Å². The number of hydrogen-bond donors (Lipinski definition) is 2. The first-order chi connectivity index (χ1) is 20.1. The van der Waals surface area contributed by atoms with Crippen molar-refractivity contribution < 1.29 is 14.3 Å². The molecule has 0 radical (unpaired) electrons. The highest BCUT2D eigenvalue weighted by Gasteiger charge is 2.24. The number of amides is 2. The molecule has 2 aromatic heterocycles. The van der Waals surface area contributed by atoms with E-state index < -0.39 is 0 Å². The van der Waals surface area contributed by atoms with Gasteiger partial charge in [0.2, 0.25) is 11.8 Å². The van der Waals surface area contributed by atoms with Gasteiger partial charge in [-0.05, 0) is 65.6 Å². The van der Waals surface area contributed by atoms with E-state index in [1.165, 1.54) is 10.5 Å². The topological polar surface area (TPSA) is 103 Å². The first-order valence-corrected chi connectivity index (χ1v) is 13.5. The number of nitrogens with one attached hydrogen (secondary N) is 2. The zero-order valence-electron chi connectivity index (χ0n) is 22.7. The third kappa shape index (κ3) is 5.89. The number of para-hydroxylation sites is 1. The zero-order chi connectivity index (χ0) is 28.2. The number of aromatic amines is 1. The second-order valence-corrected chi connectivity index (χ2v) is 10.0. The maximum atomic E-state index is 12.4. The normalized spacial score (nSPS) is 13.3. The summed E-state index contributed by atoms with van der Waals surface area (Å²) in [5.41, 5.74) is 8.07. The number of anilines is 2. The lowest BCUT2D eigenvalue weighted by Gasteiger charge is -2.29. The quantitative estimate of drug-likeness (QED) is 0.285. The molecule has 9 heteroatoms. The van der Waals surface area contributed by atoms with Crippen LogP contribution in [0, 0.1) is 0 Å². The number of ether oxygens (including phenoxy) is 1. The molecule has 5 aromatic rings. The molecule has 1 aliphatic heterocycles. The van der Waals surface area contributed by atoms with E-state index in [0.29, 0.717) is 12.2 Å². The van der Waals surface area contributed by atoms with Crippen molar-refractivity contribution in [2.75, 3.05) is 25.1 Å². The minimum atomic E-state index is -0.164. The van der Waals surface area contributed by atoms with Crippen molar-refractivity contribution in [1.82, 2.24) is 25.2 Å². The van der Waals surface area contributed by atoms with E-state index in [1.54, 1.807) is 19.6 Å². The molecule has 9 nitrogen and oxygen atoms in total. The summed E-state index contributed by atoms with van der Waals surface area (Å²) in [6.45, 7) is 0.890. The average molecular weight is 547 g/mol. The van der Waals surface area contributed by atoms with Crippen LogP contribution in [0.15, 0.2) is 91.4 Å². The first-order valence-electron chi connectivity index (χ1n) is 13.5. The molecule has 2 N–H and O–H groups in total. The van der Waals surface area contributed by atoms with E-state index in [4.69, 9.17) is 4.74 Å². The number of piperazine rings is 1. The number of rotatable bonds is 9. The van der Waals surface area contributed by atoms with Crippen molar-refractivity contribution in [1.29, 1.82) is 0 Å². The van der Waals surface area contributed by atoms with Crippen molar-refractivity contribution in [2.45, 2.75) is 19.5 Å². The molecule has 0 spiro atoms. The molecule has 0 aliphatic carbocycles. The number of aromatic nitrogens is 3. The lowest BCUT2D eigenvalue weighted by molar-refractivity contribution is -0.141. The van der Waals surface area contributed by atoms with Gasteiger partial charge in [0.15, 0.2) is 0 Å². The number of carbonyl (C=O) groups excluding carboxylic acids is 2. The SMILES string of the molecule is COc1cccc(CN(c2ccnc(CN3CC(=O)NCC3=O)c2)c2ccccc2Cc2ccc3nc[nH]c3c2)c1. The van der Waals surface area contributed by atoms with E-state index in [-0.39, 0.29) is 31.4 Å². The molecular formula is C32H30N6O3. The Bertz CT molecular complexity index is 1710. The summed E-state index contributed by atoms with van der Waals surface area (Å²) in [5.74, 6) is 0.508. The standard InChI is InChI=1S/C32H30N6O3/c1-41-27-7-4-5-23(14-27)18-38(26-11-12-33-25(16-26)19-37-20-31(39)34-17-32(37)40)30-8-3-2-6-24(30)13-22-9-10-28-29(15-22)36-21-35-28/h2-12,14-16,21H,13,17-20H2,1H3,(H,34,39)(H,35,36). The van der Waals surface area contributed by atoms with Crippen molar-refractivity contribution in [3.05, 3.63) is 114 Å². The van der Waals surface area contributed by atoms with Crippen LogP contribution in [0.3, 0.4) is 0 Å². The Morgan fingerprint density at radius 3 is 2.76 bits per heavy atom. The Hall–Kier alpha value is -5.18. The fraction of sp³-hybridized carbons (Fsp3) is 0.188. The van der Waals surface area contributed by atoms with Crippen LogP contribution < -0.4 is 15.0 Å². The number of carbonyl (C=O) groups is 2. The molecule has 2 amide bonds. The summed E-state index contributed by atoms with van der Waals surface area (Å²) < 4.78 is 5.49. The smallest absolute Gasteiger partial charge is 0.242 e. The summed E-state index contributed by atoms with van der Waals surface area (Å²) in [6.07, 6.45) is 4.20. The highest BCUT2D eigenvalue weighted by atomic mass is 16.5. The molecule has 1 saturated heterocycles. The maximum absolute atomic E-state index is 12.4. The molecule has 3 heterocycles. The van der Waals surface area contributed by atoms with Crippen molar-refractivity contribution >= 4 is 34.2 Å². The lowest BCUT2D eigenvalue weighted by Crippen LogP contribution is -2.51. The number of nitrogens with zero attached hydrogens (tertiary/aromatic N) is 4. The third-order valence-electron chi connectivity index (χ3n) is 7.23. The molecule has 0 atom stereocenters. The molecule has 1 fully saturated rings. The van der Waals surface area contributed by atoms with Crippen LogP contribution in [-0.4, -0.2) is 51.9 Å². The van der Waals surface area contributed by atoms with Gasteiger partial charge in [-0.1, -0.05) is 36.4 Å². The molecule has 0 bridgehead atoms. The van der Waals surface area contributed by atoms with Gasteiger partial charge < -0.3 is 24.8 Å². The number of hydrogen-bond acceptors (Lipinski definition) is 6. The van der Waals surface area contributed by atoms with Gasteiger partial charge in [-0.25, -0.2) is 4.98 Å². The fourth-order valence-electron chi connectivity index (χ4n) is 5.17. The number of imidazole rings is 1. The van der Waals surface area contributed by atoms with Crippen LogP contribution in [0.2, 0.25) is 0 Å². The minimum absolute atomic E-state index is 0.0121.